The fourth-order valence-electron chi connectivity index (χ4n) is 1.41. The van der Waals surface area contributed by atoms with Crippen LogP contribution >= 0.6 is 23.8 Å². The predicted octanol–water partition coefficient (Wildman–Crippen LogP) is 2.87. The molecule has 0 aliphatic heterocycles. The van der Waals surface area contributed by atoms with Crippen LogP contribution in [0.4, 0.5) is 4.39 Å². The Kier molecular flexibility index (Phi) is 7.70. The number of ether oxygens (including phenoxy) is 1. The molecule has 1 rings (SSSR count). The van der Waals surface area contributed by atoms with Crippen LogP contribution in [0.1, 0.15) is 18.9 Å². The minimum absolute atomic E-state index is 0.120. The van der Waals surface area contributed by atoms with Crippen LogP contribution in [0, 0.1) is 5.82 Å². The van der Waals surface area contributed by atoms with Crippen LogP contribution in [-0.2, 0) is 11.3 Å². The van der Waals surface area contributed by atoms with Gasteiger partial charge in [0, 0.05) is 26.3 Å². The largest absolute Gasteiger partial charge is 0.382 e. The molecule has 0 fully saturated rings. The van der Waals surface area contributed by atoms with Gasteiger partial charge in [-0.3, -0.25) is 0 Å². The third-order valence-corrected chi connectivity index (χ3v) is 2.97. The summed E-state index contributed by atoms with van der Waals surface area (Å²) in [6.07, 6.45) is 0.901. The molecule has 0 atom stereocenters. The molecule has 0 spiro atoms. The monoisotopic (exact) mass is 304 g/mol. The normalized spacial score (nSPS) is 10.3. The van der Waals surface area contributed by atoms with E-state index in [1.165, 1.54) is 6.07 Å². The van der Waals surface area contributed by atoms with Gasteiger partial charge in [0.1, 0.15) is 5.82 Å². The first kappa shape index (κ1) is 16.1. The Morgan fingerprint density at radius 1 is 1.42 bits per heavy atom. The van der Waals surface area contributed by atoms with Gasteiger partial charge < -0.3 is 15.4 Å². The highest BCUT2D eigenvalue weighted by molar-refractivity contribution is 7.80. The minimum Gasteiger partial charge on any atom is -0.382 e. The molecule has 1 aromatic rings. The van der Waals surface area contributed by atoms with E-state index in [4.69, 9.17) is 28.6 Å². The number of rotatable bonds is 7. The summed E-state index contributed by atoms with van der Waals surface area (Å²) < 4.78 is 18.2. The number of hydrogen-bond donors (Lipinski definition) is 2. The number of halogens is 2. The number of benzene rings is 1. The van der Waals surface area contributed by atoms with Gasteiger partial charge in [-0.1, -0.05) is 17.7 Å². The van der Waals surface area contributed by atoms with Crippen LogP contribution in [-0.4, -0.2) is 24.9 Å². The molecule has 0 heterocycles. The number of hydrogen-bond acceptors (Lipinski definition) is 2. The van der Waals surface area contributed by atoms with Gasteiger partial charge in [-0.15, -0.1) is 0 Å². The lowest BCUT2D eigenvalue weighted by Crippen LogP contribution is -2.35. The molecule has 6 heteroatoms. The molecule has 0 aliphatic rings. The van der Waals surface area contributed by atoms with Crippen LogP contribution in [0.15, 0.2) is 18.2 Å². The summed E-state index contributed by atoms with van der Waals surface area (Å²) in [6, 6.07) is 4.60. The predicted molar refractivity (Wildman–Crippen MR) is 80.0 cm³/mol. The minimum atomic E-state index is -0.415. The van der Waals surface area contributed by atoms with E-state index in [0.717, 1.165) is 31.7 Å². The summed E-state index contributed by atoms with van der Waals surface area (Å²) in [4.78, 5) is 0. The molecule has 0 saturated heterocycles. The Morgan fingerprint density at radius 3 is 2.89 bits per heavy atom. The Hall–Kier alpha value is -0.910. The van der Waals surface area contributed by atoms with Crippen molar-refractivity contribution in [3.8, 4) is 0 Å². The molecule has 0 amide bonds. The zero-order valence-corrected chi connectivity index (χ0v) is 12.4. The molecule has 1 aromatic carbocycles. The van der Waals surface area contributed by atoms with Gasteiger partial charge in [0.2, 0.25) is 0 Å². The van der Waals surface area contributed by atoms with Gasteiger partial charge in [-0.05, 0) is 43.3 Å². The first-order chi connectivity index (χ1) is 9.13. The molecule has 0 saturated carbocycles. The molecule has 19 heavy (non-hydrogen) atoms. The molecule has 2 N–H and O–H groups in total. The molecular weight excluding hydrogens is 287 g/mol. The first-order valence-corrected chi connectivity index (χ1v) is 6.95. The van der Waals surface area contributed by atoms with Crippen molar-refractivity contribution in [1.29, 1.82) is 0 Å². The standard InChI is InChI=1S/C13H18ClFN2OS/c1-2-18-7-3-6-16-13(19)17-9-10-4-5-12(15)11(14)8-10/h4-5,8H,2-3,6-7,9H2,1H3,(H2,16,17,19). The SMILES string of the molecule is CCOCCCNC(=S)NCc1ccc(F)c(Cl)c1. The van der Waals surface area contributed by atoms with Gasteiger partial charge in [-0.25, -0.2) is 4.39 Å². The zero-order valence-electron chi connectivity index (χ0n) is 10.8. The fraction of sp³-hybridized carbons (Fsp3) is 0.462. The molecule has 3 nitrogen and oxygen atoms in total. The molecule has 0 aliphatic carbocycles. The van der Waals surface area contributed by atoms with E-state index in [9.17, 15) is 4.39 Å². The van der Waals surface area contributed by atoms with Crippen molar-refractivity contribution in [3.05, 3.63) is 34.6 Å². The number of nitrogens with one attached hydrogen (secondary N) is 2. The van der Waals surface area contributed by atoms with E-state index in [-0.39, 0.29) is 5.02 Å². The summed E-state index contributed by atoms with van der Waals surface area (Å²) in [7, 11) is 0. The number of thiocarbonyl (C=S) groups is 1. The summed E-state index contributed by atoms with van der Waals surface area (Å²) >= 11 is 10.8. The van der Waals surface area contributed by atoms with Gasteiger partial charge in [0.15, 0.2) is 5.11 Å². The third kappa shape index (κ3) is 6.71. The van der Waals surface area contributed by atoms with Gasteiger partial charge in [0.25, 0.3) is 0 Å². The van der Waals surface area contributed by atoms with Crippen molar-refractivity contribution in [1.82, 2.24) is 10.6 Å². The summed E-state index contributed by atoms with van der Waals surface area (Å²) in [5, 5.41) is 6.79. The lowest BCUT2D eigenvalue weighted by Gasteiger charge is -2.10. The topological polar surface area (TPSA) is 33.3 Å². The second-order valence-electron chi connectivity index (χ2n) is 3.91. The van der Waals surface area contributed by atoms with E-state index in [1.54, 1.807) is 12.1 Å². The second-order valence-corrected chi connectivity index (χ2v) is 4.72. The van der Waals surface area contributed by atoms with Crippen molar-refractivity contribution in [2.75, 3.05) is 19.8 Å². The zero-order chi connectivity index (χ0) is 14.1. The second kappa shape index (κ2) is 9.07. The maximum absolute atomic E-state index is 13.0. The van der Waals surface area contributed by atoms with Gasteiger partial charge >= 0.3 is 0 Å². The molecule has 0 aromatic heterocycles. The molecular formula is C13H18ClFN2OS. The summed E-state index contributed by atoms with van der Waals surface area (Å²) in [6.45, 7) is 4.69. The maximum atomic E-state index is 13.0. The van der Waals surface area contributed by atoms with Crippen LogP contribution in [0.3, 0.4) is 0 Å². The molecule has 106 valence electrons. The first-order valence-electron chi connectivity index (χ1n) is 6.17. The summed E-state index contributed by atoms with van der Waals surface area (Å²) in [5.41, 5.74) is 0.880. The molecule has 0 radical (unpaired) electrons. The molecule has 0 unspecified atom stereocenters. The Labute approximate surface area is 123 Å². The highest BCUT2D eigenvalue weighted by atomic mass is 35.5. The van der Waals surface area contributed by atoms with Crippen LogP contribution in [0.5, 0.6) is 0 Å². The lowest BCUT2D eigenvalue weighted by molar-refractivity contribution is 0.145. The van der Waals surface area contributed by atoms with E-state index in [0.29, 0.717) is 11.7 Å². The highest BCUT2D eigenvalue weighted by Crippen LogP contribution is 2.15. The fourth-order valence-corrected chi connectivity index (χ4v) is 1.79. The van der Waals surface area contributed by atoms with Gasteiger partial charge in [-0.2, -0.15) is 0 Å². The average Bonchev–Trinajstić information content (AvgIpc) is 2.40. The molecule has 0 bridgehead atoms. The van der Waals surface area contributed by atoms with Crippen LogP contribution in [0.25, 0.3) is 0 Å². The van der Waals surface area contributed by atoms with E-state index < -0.39 is 5.82 Å². The Bertz CT molecular complexity index is 418. The van der Waals surface area contributed by atoms with Crippen molar-refractivity contribution < 1.29 is 9.13 Å². The van der Waals surface area contributed by atoms with Gasteiger partial charge in [0.05, 0.1) is 5.02 Å². The quantitative estimate of drug-likeness (QED) is 0.599. The maximum Gasteiger partial charge on any atom is 0.166 e. The van der Waals surface area contributed by atoms with E-state index in [1.807, 2.05) is 6.92 Å². The lowest BCUT2D eigenvalue weighted by atomic mass is 10.2. The van der Waals surface area contributed by atoms with Crippen molar-refractivity contribution in [2.45, 2.75) is 19.9 Å². The van der Waals surface area contributed by atoms with Crippen LogP contribution < -0.4 is 10.6 Å². The van der Waals surface area contributed by atoms with Crippen molar-refractivity contribution in [3.63, 3.8) is 0 Å². The Balaban J connectivity index is 2.20. The van der Waals surface area contributed by atoms with E-state index >= 15 is 0 Å². The third-order valence-electron chi connectivity index (χ3n) is 2.39. The highest BCUT2D eigenvalue weighted by Gasteiger charge is 2.01. The van der Waals surface area contributed by atoms with Crippen LogP contribution in [0.2, 0.25) is 5.02 Å². The average molecular weight is 305 g/mol. The van der Waals surface area contributed by atoms with E-state index in [2.05, 4.69) is 10.6 Å². The Morgan fingerprint density at radius 2 is 2.21 bits per heavy atom. The van der Waals surface area contributed by atoms with Crippen molar-refractivity contribution in [2.24, 2.45) is 0 Å². The van der Waals surface area contributed by atoms with Crippen molar-refractivity contribution >= 4 is 28.9 Å². The smallest absolute Gasteiger partial charge is 0.166 e. The summed E-state index contributed by atoms with van der Waals surface area (Å²) in [5.74, 6) is -0.415.